The van der Waals surface area contributed by atoms with Gasteiger partial charge in [-0.25, -0.2) is 15.0 Å². The molecule has 0 aliphatic carbocycles. The van der Waals surface area contributed by atoms with Crippen molar-refractivity contribution in [2.24, 2.45) is 0 Å². The molecule has 0 unspecified atom stereocenters. The third kappa shape index (κ3) is 6.30. The highest BCUT2D eigenvalue weighted by molar-refractivity contribution is 6.19. The lowest BCUT2D eigenvalue weighted by atomic mass is 10.0. The first-order chi connectivity index (χ1) is 43.4. The molecule has 0 aliphatic rings. The minimum absolute atomic E-state index is 0.0667. The van der Waals surface area contributed by atoms with E-state index in [1.54, 1.807) is 34.9 Å². The van der Waals surface area contributed by atoms with E-state index in [1.807, 2.05) is 133 Å². The fourth-order valence-corrected chi connectivity index (χ4v) is 11.2. The van der Waals surface area contributed by atoms with Gasteiger partial charge in [-0.3, -0.25) is 13.7 Å². The van der Waals surface area contributed by atoms with Crippen LogP contribution in [0.3, 0.4) is 0 Å². The predicted molar refractivity (Wildman–Crippen MR) is 312 cm³/mol. The van der Waals surface area contributed by atoms with Crippen LogP contribution in [0.4, 0.5) is 0 Å². The largest absolute Gasteiger partial charge is 0.292 e. The van der Waals surface area contributed by atoms with Gasteiger partial charge in [0.1, 0.15) is 17.5 Å². The van der Waals surface area contributed by atoms with Gasteiger partial charge in [0.25, 0.3) is 0 Å². The molecule has 6 heteroatoms. The Bertz CT molecular complexity index is 5590. The van der Waals surface area contributed by atoms with Gasteiger partial charge in [0.15, 0.2) is 0 Å². The van der Waals surface area contributed by atoms with Crippen molar-refractivity contribution in [2.75, 3.05) is 0 Å². The van der Waals surface area contributed by atoms with Crippen molar-refractivity contribution in [1.82, 2.24) is 28.7 Å². The second-order valence-electron chi connectivity index (χ2n) is 18.5. The maximum absolute atomic E-state index is 9.61. The molecule has 0 saturated carbocycles. The maximum atomic E-state index is 9.61. The first kappa shape index (κ1) is 29.4. The standard InChI is InChI=1S/C69H42N6/c1-4-19-49(20-5-1)73-62-38-35-55-52-25-13-10-16-43(52)28-31-58(55)64(62)71-68(73)47-40-46(67-70-61-37-34-57-54-27-15-12-18-45(54)30-33-60(57)66(61)75(67)51-23-8-3-9-24-51)41-48(42-47)69-72-65-59-32-29-44-17-11-14-26-53(44)56(59)36-39-63(65)74(69)50-21-6-2-7-22-50/h1-42H/i1D,2D,3D,4D,5D,6D,7D,8D,9D,19D,20D,21D,22D,23D,24D. The summed E-state index contributed by atoms with van der Waals surface area (Å²) >= 11 is 0. The van der Waals surface area contributed by atoms with Crippen molar-refractivity contribution < 1.29 is 20.6 Å². The van der Waals surface area contributed by atoms with Gasteiger partial charge in [0, 0.05) is 49.9 Å². The van der Waals surface area contributed by atoms with Crippen molar-refractivity contribution in [3.05, 3.63) is 254 Å². The zero-order valence-electron chi connectivity index (χ0n) is 54.3. The number of rotatable bonds is 6. The third-order valence-corrected chi connectivity index (χ3v) is 14.5. The average Bonchev–Trinajstić information content (AvgIpc) is 1.58. The fourth-order valence-electron chi connectivity index (χ4n) is 11.2. The average molecular weight is 970 g/mol. The monoisotopic (exact) mass is 969 g/mol. The highest BCUT2D eigenvalue weighted by Crippen LogP contribution is 2.43. The van der Waals surface area contributed by atoms with Gasteiger partial charge in [-0.2, -0.15) is 0 Å². The molecule has 3 heterocycles. The zero-order valence-corrected chi connectivity index (χ0v) is 39.3. The second-order valence-corrected chi connectivity index (χ2v) is 18.5. The molecule has 0 saturated heterocycles. The summed E-state index contributed by atoms with van der Waals surface area (Å²) < 4.78 is 142. The van der Waals surface area contributed by atoms with Crippen LogP contribution < -0.4 is 0 Å². The van der Waals surface area contributed by atoms with Crippen LogP contribution in [0.5, 0.6) is 0 Å². The van der Waals surface area contributed by atoms with Crippen LogP contribution >= 0.6 is 0 Å². The Morgan fingerprint density at radius 1 is 0.293 bits per heavy atom. The Morgan fingerprint density at radius 3 is 1.11 bits per heavy atom. The normalized spacial score (nSPS) is 14.8. The van der Waals surface area contributed by atoms with Crippen molar-refractivity contribution in [3.8, 4) is 51.2 Å². The molecule has 0 bridgehead atoms. The van der Waals surface area contributed by atoms with Gasteiger partial charge >= 0.3 is 0 Å². The summed E-state index contributed by atoms with van der Waals surface area (Å²) in [5.74, 6) is 0.200. The molecule has 3 aromatic heterocycles. The molecule has 0 N–H and O–H groups in total. The van der Waals surface area contributed by atoms with Crippen molar-refractivity contribution >= 4 is 97.7 Å². The summed E-state index contributed by atoms with van der Waals surface area (Å²) in [6, 6.07) is 42.9. The molecular weight excluding hydrogens is 913 g/mol. The summed E-state index contributed by atoms with van der Waals surface area (Å²) in [5, 5.41) is 10.00. The van der Waals surface area contributed by atoms with Gasteiger partial charge in [0.05, 0.1) is 53.7 Å². The van der Waals surface area contributed by atoms with Crippen molar-refractivity contribution in [2.45, 2.75) is 0 Å². The van der Waals surface area contributed by atoms with Crippen LogP contribution in [0.2, 0.25) is 0 Å². The van der Waals surface area contributed by atoms with E-state index in [0.717, 1.165) is 48.5 Å². The number of aromatic nitrogens is 6. The van der Waals surface area contributed by atoms with Gasteiger partial charge < -0.3 is 0 Å². The Kier molecular flexibility index (Phi) is 6.33. The fraction of sp³-hybridized carbons (Fsp3) is 0. The Morgan fingerprint density at radius 2 is 0.653 bits per heavy atom. The van der Waals surface area contributed by atoms with E-state index < -0.39 is 90.6 Å². The van der Waals surface area contributed by atoms with Crippen LogP contribution in [0.25, 0.3) is 149 Å². The highest BCUT2D eigenvalue weighted by atomic mass is 15.1. The summed E-state index contributed by atoms with van der Waals surface area (Å²) in [6.45, 7) is 0. The zero-order chi connectivity index (χ0) is 62.2. The van der Waals surface area contributed by atoms with Crippen LogP contribution in [0.1, 0.15) is 20.6 Å². The van der Waals surface area contributed by atoms with E-state index in [1.165, 1.54) is 9.13 Å². The van der Waals surface area contributed by atoms with E-state index in [2.05, 4.69) is 0 Å². The summed E-state index contributed by atoms with van der Waals surface area (Å²) in [7, 11) is 0. The molecular formula is C69H42N6. The first-order valence-corrected chi connectivity index (χ1v) is 24.3. The van der Waals surface area contributed by atoms with Crippen molar-refractivity contribution in [1.29, 1.82) is 0 Å². The Hall–Kier alpha value is -10.2. The van der Waals surface area contributed by atoms with Gasteiger partial charge in [-0.05, 0) is 121 Å². The molecule has 6 nitrogen and oxygen atoms in total. The number of hydrogen-bond acceptors (Lipinski definition) is 3. The van der Waals surface area contributed by atoms with E-state index in [9.17, 15) is 8.22 Å². The Balaban J connectivity index is 1.11. The van der Waals surface area contributed by atoms with Crippen LogP contribution in [0, 0.1) is 0 Å². The smallest absolute Gasteiger partial charge is 0.145 e. The summed E-state index contributed by atoms with van der Waals surface area (Å²) in [6.07, 6.45) is 0. The maximum Gasteiger partial charge on any atom is 0.145 e. The molecule has 348 valence electrons. The molecule has 13 aromatic carbocycles. The summed E-state index contributed by atoms with van der Waals surface area (Å²) in [4.78, 5) is 16.2. The third-order valence-electron chi connectivity index (χ3n) is 14.5. The first-order valence-electron chi connectivity index (χ1n) is 31.8. The molecule has 0 amide bonds. The second kappa shape index (κ2) is 16.2. The molecule has 16 rings (SSSR count). The summed E-state index contributed by atoms with van der Waals surface area (Å²) in [5.41, 5.74) is 2.34. The number of hydrogen-bond donors (Lipinski definition) is 0. The lowest BCUT2D eigenvalue weighted by Crippen LogP contribution is -2.02. The van der Waals surface area contributed by atoms with Gasteiger partial charge in [-0.1, -0.05) is 182 Å². The minimum Gasteiger partial charge on any atom is -0.292 e. The van der Waals surface area contributed by atoms with E-state index >= 15 is 0 Å². The van der Waals surface area contributed by atoms with Crippen LogP contribution in [-0.4, -0.2) is 28.7 Å². The Labute approximate surface area is 451 Å². The quantitative estimate of drug-likeness (QED) is 0.156. The highest BCUT2D eigenvalue weighted by Gasteiger charge is 2.25. The lowest BCUT2D eigenvalue weighted by molar-refractivity contribution is 1.09. The number of nitrogens with zero attached hydrogens (tertiary/aromatic N) is 6. The lowest BCUT2D eigenvalue weighted by Gasteiger charge is -2.16. The number of benzene rings is 13. The predicted octanol–water partition coefficient (Wildman–Crippen LogP) is 17.6. The number of fused-ring (bicyclic) bond motifs is 15. The molecule has 75 heavy (non-hydrogen) atoms. The van der Waals surface area contributed by atoms with E-state index in [-0.39, 0.29) is 51.2 Å². The van der Waals surface area contributed by atoms with Crippen molar-refractivity contribution in [3.63, 3.8) is 0 Å². The molecule has 0 radical (unpaired) electrons. The topological polar surface area (TPSA) is 53.5 Å². The van der Waals surface area contributed by atoms with E-state index in [4.69, 9.17) is 27.3 Å². The van der Waals surface area contributed by atoms with Gasteiger partial charge in [-0.15, -0.1) is 0 Å². The molecule has 0 fully saturated rings. The number of imidazole rings is 3. The number of para-hydroxylation sites is 3. The van der Waals surface area contributed by atoms with Gasteiger partial charge in [0.2, 0.25) is 0 Å². The molecule has 0 aliphatic heterocycles. The van der Waals surface area contributed by atoms with E-state index in [0.29, 0.717) is 49.3 Å². The molecule has 16 aromatic rings. The molecule has 0 spiro atoms. The SMILES string of the molecule is [2H]c1c([2H])c([2H])c(-n2c(-c3cc(-c4nc5c6ccc7ccccc7c6ccc5n4-c4c([2H])c([2H])c([2H])c([2H])c4[2H])cc(-c4nc5ccc6c7ccccc7ccc6c5n4-c4c([2H])c([2H])c([2H])c([2H])c4[2H])c3)nc3c4ccc5ccccc5c4ccc32)c([2H])c1[2H]. The van der Waals surface area contributed by atoms with Crippen LogP contribution in [-0.2, 0) is 0 Å². The van der Waals surface area contributed by atoms with Crippen LogP contribution in [0.15, 0.2) is 254 Å². The molecule has 0 atom stereocenters. The minimum atomic E-state index is -0.612.